The van der Waals surface area contributed by atoms with Gasteiger partial charge in [-0.1, -0.05) is 78.4 Å². The summed E-state index contributed by atoms with van der Waals surface area (Å²) in [4.78, 5) is 24.0. The summed E-state index contributed by atoms with van der Waals surface area (Å²) >= 11 is 0. The van der Waals surface area contributed by atoms with Gasteiger partial charge in [-0.2, -0.15) is 0 Å². The predicted molar refractivity (Wildman–Crippen MR) is 115 cm³/mol. The normalized spacial score (nSPS) is 13.2. The molecule has 0 radical (unpaired) electrons. The third-order valence-corrected chi connectivity index (χ3v) is 5.46. The van der Waals surface area contributed by atoms with E-state index in [1.165, 1.54) is 0 Å². The molecule has 0 heterocycles. The van der Waals surface area contributed by atoms with Crippen LogP contribution in [0.2, 0.25) is 0 Å². The molecule has 0 fully saturated rings. The standard InChI is InChI=1S/C25H23NO4/c1-16-7-6-8-17(13-16)14-23(24(27)28)26-25(29)30-15-22-20-11-4-2-9-18(20)19-10-3-5-12-21(19)22/h2-13,22-23H,14-15H2,1H3,(H,26,29)(H,27,28)/t23-/m1/s1. The summed E-state index contributed by atoms with van der Waals surface area (Å²) in [6.07, 6.45) is -0.529. The highest BCUT2D eigenvalue weighted by Gasteiger charge is 2.29. The lowest BCUT2D eigenvalue weighted by Crippen LogP contribution is -2.42. The third-order valence-electron chi connectivity index (χ3n) is 5.46. The molecule has 0 saturated heterocycles. The zero-order valence-corrected chi connectivity index (χ0v) is 16.7. The van der Waals surface area contributed by atoms with E-state index in [1.54, 1.807) is 0 Å². The smallest absolute Gasteiger partial charge is 0.407 e. The molecule has 1 aliphatic rings. The Morgan fingerprint density at radius 3 is 2.20 bits per heavy atom. The second kappa shape index (κ2) is 8.41. The topological polar surface area (TPSA) is 75.6 Å². The average molecular weight is 401 g/mol. The Balaban J connectivity index is 1.43. The molecule has 0 aromatic heterocycles. The fraction of sp³-hybridized carbons (Fsp3) is 0.200. The van der Waals surface area contributed by atoms with Crippen molar-refractivity contribution >= 4 is 12.1 Å². The molecular formula is C25H23NO4. The van der Waals surface area contributed by atoms with E-state index in [0.29, 0.717) is 0 Å². The average Bonchev–Trinajstić information content (AvgIpc) is 3.06. The van der Waals surface area contributed by atoms with Crippen molar-refractivity contribution in [1.29, 1.82) is 0 Å². The third kappa shape index (κ3) is 4.06. The minimum Gasteiger partial charge on any atom is -0.480 e. The van der Waals surface area contributed by atoms with Crippen molar-refractivity contribution in [3.8, 4) is 11.1 Å². The maximum atomic E-state index is 12.4. The number of hydrogen-bond donors (Lipinski definition) is 2. The summed E-state index contributed by atoms with van der Waals surface area (Å²) in [5.74, 6) is -1.16. The highest BCUT2D eigenvalue weighted by molar-refractivity contribution is 5.81. The second-order valence-electron chi connectivity index (χ2n) is 7.55. The van der Waals surface area contributed by atoms with Crippen LogP contribution < -0.4 is 5.32 Å². The van der Waals surface area contributed by atoms with Gasteiger partial charge in [-0.15, -0.1) is 0 Å². The molecule has 1 amide bonds. The number of aryl methyl sites for hydroxylation is 1. The summed E-state index contributed by atoms with van der Waals surface area (Å²) in [6, 6.07) is 22.7. The lowest BCUT2D eigenvalue weighted by atomic mass is 9.98. The number of ether oxygens (including phenoxy) is 1. The number of fused-ring (bicyclic) bond motifs is 3. The van der Waals surface area contributed by atoms with Gasteiger partial charge in [-0.3, -0.25) is 0 Å². The van der Waals surface area contributed by atoms with Crippen molar-refractivity contribution in [3.63, 3.8) is 0 Å². The monoisotopic (exact) mass is 401 g/mol. The minimum atomic E-state index is -1.09. The van der Waals surface area contributed by atoms with Gasteiger partial charge in [0.15, 0.2) is 0 Å². The van der Waals surface area contributed by atoms with Crippen molar-refractivity contribution in [2.24, 2.45) is 0 Å². The molecule has 3 aromatic rings. The molecule has 2 N–H and O–H groups in total. The zero-order valence-electron chi connectivity index (χ0n) is 16.7. The number of benzene rings is 3. The van der Waals surface area contributed by atoms with Gasteiger partial charge in [0.1, 0.15) is 12.6 Å². The lowest BCUT2D eigenvalue weighted by Gasteiger charge is -2.17. The fourth-order valence-corrected chi connectivity index (χ4v) is 4.06. The Hall–Kier alpha value is -3.60. The SMILES string of the molecule is Cc1cccc(C[C@@H](NC(=O)OCC2c3ccccc3-c3ccccc32)C(=O)O)c1. The first-order valence-electron chi connectivity index (χ1n) is 9.93. The van der Waals surface area contributed by atoms with Crippen LogP contribution in [-0.2, 0) is 16.0 Å². The highest BCUT2D eigenvalue weighted by atomic mass is 16.5. The van der Waals surface area contributed by atoms with Crippen molar-refractivity contribution in [2.45, 2.75) is 25.3 Å². The van der Waals surface area contributed by atoms with Gasteiger partial charge in [-0.05, 0) is 34.7 Å². The van der Waals surface area contributed by atoms with Gasteiger partial charge >= 0.3 is 12.1 Å². The number of carbonyl (C=O) groups excluding carboxylic acids is 1. The van der Waals surface area contributed by atoms with Crippen LogP contribution in [0.15, 0.2) is 72.8 Å². The maximum absolute atomic E-state index is 12.4. The van der Waals surface area contributed by atoms with Crippen LogP contribution in [-0.4, -0.2) is 29.8 Å². The Morgan fingerprint density at radius 2 is 1.60 bits per heavy atom. The number of hydrogen-bond acceptors (Lipinski definition) is 3. The van der Waals surface area contributed by atoms with E-state index in [4.69, 9.17) is 4.74 Å². The number of amides is 1. The molecule has 0 saturated carbocycles. The van der Waals surface area contributed by atoms with Gasteiger partial charge in [-0.25, -0.2) is 9.59 Å². The van der Waals surface area contributed by atoms with E-state index in [0.717, 1.165) is 33.4 Å². The Labute approximate surface area is 175 Å². The molecule has 0 bridgehead atoms. The van der Waals surface area contributed by atoms with Crippen molar-refractivity contribution in [1.82, 2.24) is 5.32 Å². The van der Waals surface area contributed by atoms with Crippen LogP contribution >= 0.6 is 0 Å². The van der Waals surface area contributed by atoms with Crippen molar-refractivity contribution < 1.29 is 19.4 Å². The molecule has 5 heteroatoms. The maximum Gasteiger partial charge on any atom is 0.407 e. The summed E-state index contributed by atoms with van der Waals surface area (Å²) < 4.78 is 5.47. The molecule has 0 aliphatic heterocycles. The van der Waals surface area contributed by atoms with Crippen LogP contribution in [0.4, 0.5) is 4.79 Å². The van der Waals surface area contributed by atoms with E-state index in [2.05, 4.69) is 17.4 Å². The number of carboxylic acids is 1. The number of carboxylic acid groups (broad SMARTS) is 1. The first-order chi connectivity index (χ1) is 14.5. The van der Waals surface area contributed by atoms with Crippen LogP contribution in [0.3, 0.4) is 0 Å². The number of aliphatic carboxylic acids is 1. The molecule has 152 valence electrons. The molecule has 0 unspecified atom stereocenters. The summed E-state index contributed by atoms with van der Waals surface area (Å²) in [5.41, 5.74) is 6.40. The van der Waals surface area contributed by atoms with Crippen LogP contribution in [0, 0.1) is 6.92 Å². The van der Waals surface area contributed by atoms with Gasteiger partial charge < -0.3 is 15.2 Å². The number of nitrogens with one attached hydrogen (secondary N) is 1. The number of rotatable bonds is 6. The van der Waals surface area contributed by atoms with Gasteiger partial charge in [0.05, 0.1) is 0 Å². The van der Waals surface area contributed by atoms with Gasteiger partial charge in [0.25, 0.3) is 0 Å². The molecule has 1 aliphatic carbocycles. The molecule has 1 atom stereocenters. The van der Waals surface area contributed by atoms with Crippen molar-refractivity contribution in [2.75, 3.05) is 6.61 Å². The van der Waals surface area contributed by atoms with Crippen LogP contribution in [0.1, 0.15) is 28.2 Å². The number of alkyl carbamates (subject to hydrolysis) is 1. The highest BCUT2D eigenvalue weighted by Crippen LogP contribution is 2.44. The predicted octanol–water partition coefficient (Wildman–Crippen LogP) is 4.53. The second-order valence-corrected chi connectivity index (χ2v) is 7.55. The van der Waals surface area contributed by atoms with E-state index >= 15 is 0 Å². The van der Waals surface area contributed by atoms with Gasteiger partial charge in [0.2, 0.25) is 0 Å². The van der Waals surface area contributed by atoms with E-state index in [1.807, 2.05) is 67.6 Å². The quantitative estimate of drug-likeness (QED) is 0.636. The largest absolute Gasteiger partial charge is 0.480 e. The minimum absolute atomic E-state index is 0.0665. The van der Waals surface area contributed by atoms with E-state index < -0.39 is 18.1 Å². The van der Waals surface area contributed by atoms with Gasteiger partial charge in [0, 0.05) is 12.3 Å². The van der Waals surface area contributed by atoms with E-state index in [-0.39, 0.29) is 18.9 Å². The first kappa shape index (κ1) is 19.7. The summed E-state index contributed by atoms with van der Waals surface area (Å²) in [6.45, 7) is 2.09. The Morgan fingerprint density at radius 1 is 0.967 bits per heavy atom. The molecule has 4 rings (SSSR count). The Kier molecular flexibility index (Phi) is 5.53. The fourth-order valence-electron chi connectivity index (χ4n) is 4.06. The molecule has 5 nitrogen and oxygen atoms in total. The van der Waals surface area contributed by atoms with Crippen LogP contribution in [0.5, 0.6) is 0 Å². The van der Waals surface area contributed by atoms with E-state index in [9.17, 15) is 14.7 Å². The first-order valence-corrected chi connectivity index (χ1v) is 9.93. The van der Waals surface area contributed by atoms with Crippen molar-refractivity contribution in [3.05, 3.63) is 95.1 Å². The summed E-state index contributed by atoms with van der Waals surface area (Å²) in [7, 11) is 0. The lowest BCUT2D eigenvalue weighted by molar-refractivity contribution is -0.139. The molecule has 30 heavy (non-hydrogen) atoms. The molecule has 3 aromatic carbocycles. The van der Waals surface area contributed by atoms with Crippen LogP contribution in [0.25, 0.3) is 11.1 Å². The zero-order chi connectivity index (χ0) is 21.1. The number of carbonyl (C=O) groups is 2. The molecular weight excluding hydrogens is 378 g/mol. The summed E-state index contributed by atoms with van der Waals surface area (Å²) in [5, 5.41) is 12.0. The Bertz CT molecular complexity index is 1050. The molecule has 0 spiro atoms.